The summed E-state index contributed by atoms with van der Waals surface area (Å²) in [6, 6.07) is 9.53. The van der Waals surface area contributed by atoms with Crippen molar-refractivity contribution in [1.29, 1.82) is 0 Å². The average Bonchev–Trinajstić information content (AvgIpc) is 2.58. The maximum Gasteiger partial charge on any atom is 0.344 e. The number of carbonyl (C=O) groups excluding carboxylic acids is 3. The lowest BCUT2D eigenvalue weighted by Gasteiger charge is -2.28. The molecule has 0 aliphatic carbocycles. The number of ether oxygens (including phenoxy) is 1. The molecule has 2 amide bonds. The third kappa shape index (κ3) is 3.32. The van der Waals surface area contributed by atoms with Gasteiger partial charge in [-0.15, -0.1) is 0 Å². The lowest BCUT2D eigenvalue weighted by Crippen LogP contribution is -2.44. The number of anilines is 2. The first-order valence-electron chi connectivity index (χ1n) is 7.28. The van der Waals surface area contributed by atoms with Gasteiger partial charge in [-0.25, -0.2) is 13.6 Å². The van der Waals surface area contributed by atoms with Crippen molar-refractivity contribution in [2.24, 2.45) is 0 Å². The summed E-state index contributed by atoms with van der Waals surface area (Å²) in [4.78, 5) is 36.9. The number of amides is 2. The number of fused-ring (bicyclic) bond motifs is 1. The van der Waals surface area contributed by atoms with Crippen LogP contribution in [-0.4, -0.2) is 30.9 Å². The molecule has 8 heteroatoms. The fraction of sp³-hybridized carbons (Fsp3) is 0.118. The van der Waals surface area contributed by atoms with Crippen LogP contribution in [0.2, 0.25) is 0 Å². The van der Waals surface area contributed by atoms with E-state index in [2.05, 4.69) is 5.32 Å². The van der Waals surface area contributed by atoms with Crippen LogP contribution in [0.4, 0.5) is 20.2 Å². The van der Waals surface area contributed by atoms with Crippen molar-refractivity contribution in [3.8, 4) is 0 Å². The minimum absolute atomic E-state index is 0.249. The highest BCUT2D eigenvalue weighted by Gasteiger charge is 2.28. The highest BCUT2D eigenvalue weighted by molar-refractivity contribution is 6.10. The van der Waals surface area contributed by atoms with E-state index in [4.69, 9.17) is 4.74 Å². The number of rotatable bonds is 3. The van der Waals surface area contributed by atoms with E-state index in [0.717, 1.165) is 23.1 Å². The highest BCUT2D eigenvalue weighted by Crippen LogP contribution is 2.28. The number of hydrogen-bond acceptors (Lipinski definition) is 4. The molecule has 1 N–H and O–H groups in total. The summed E-state index contributed by atoms with van der Waals surface area (Å²) in [6.07, 6.45) is 0. The van der Waals surface area contributed by atoms with Crippen LogP contribution in [0.25, 0.3) is 0 Å². The van der Waals surface area contributed by atoms with Crippen LogP contribution in [0, 0.1) is 11.6 Å². The molecule has 1 heterocycles. The van der Waals surface area contributed by atoms with Crippen LogP contribution >= 0.6 is 0 Å². The number of esters is 1. The van der Waals surface area contributed by atoms with Crippen molar-refractivity contribution in [2.75, 3.05) is 23.4 Å². The van der Waals surface area contributed by atoms with Gasteiger partial charge in [0.15, 0.2) is 6.61 Å². The predicted octanol–water partition coefficient (Wildman–Crippen LogP) is 2.11. The number of carbonyl (C=O) groups is 3. The molecule has 0 atom stereocenters. The second-order valence-corrected chi connectivity index (χ2v) is 5.22. The van der Waals surface area contributed by atoms with E-state index in [9.17, 15) is 23.2 Å². The Hall–Kier alpha value is -3.29. The smallest absolute Gasteiger partial charge is 0.344 e. The van der Waals surface area contributed by atoms with E-state index in [0.29, 0.717) is 11.4 Å². The number of nitrogens with zero attached hydrogens (tertiary/aromatic N) is 1. The Kier molecular flexibility index (Phi) is 4.42. The molecule has 2 aromatic rings. The standard InChI is InChI=1S/C17H12F2N2O4/c18-10-4-3-5-11(19)16(10)17(24)25-9-15(23)21-8-14(22)20-12-6-1-2-7-13(12)21/h1-7H,8-9H2,(H,20,22). The monoisotopic (exact) mass is 346 g/mol. The molecular formula is C17H12F2N2O4. The zero-order valence-corrected chi connectivity index (χ0v) is 12.8. The van der Waals surface area contributed by atoms with Crippen LogP contribution in [0.5, 0.6) is 0 Å². The molecule has 0 spiro atoms. The van der Waals surface area contributed by atoms with Crippen molar-refractivity contribution in [3.05, 3.63) is 59.7 Å². The summed E-state index contributed by atoms with van der Waals surface area (Å²) in [7, 11) is 0. The molecule has 128 valence electrons. The maximum absolute atomic E-state index is 13.5. The lowest BCUT2D eigenvalue weighted by molar-refractivity contribution is -0.124. The van der Waals surface area contributed by atoms with Crippen molar-refractivity contribution in [2.45, 2.75) is 0 Å². The zero-order valence-electron chi connectivity index (χ0n) is 12.8. The number of para-hydroxylation sites is 2. The maximum atomic E-state index is 13.5. The Balaban J connectivity index is 1.73. The molecule has 6 nitrogen and oxygen atoms in total. The molecule has 0 fully saturated rings. The minimum atomic E-state index is -1.29. The van der Waals surface area contributed by atoms with Gasteiger partial charge >= 0.3 is 5.97 Å². The Labute approximate surface area is 141 Å². The Morgan fingerprint density at radius 3 is 2.48 bits per heavy atom. The van der Waals surface area contributed by atoms with Gasteiger partial charge in [0.05, 0.1) is 11.4 Å². The molecule has 2 aromatic carbocycles. The van der Waals surface area contributed by atoms with Crippen molar-refractivity contribution in [3.63, 3.8) is 0 Å². The molecule has 0 unspecified atom stereocenters. The Morgan fingerprint density at radius 2 is 1.76 bits per heavy atom. The summed E-state index contributed by atoms with van der Waals surface area (Å²) in [5.74, 6) is -4.55. The highest BCUT2D eigenvalue weighted by atomic mass is 19.1. The summed E-state index contributed by atoms with van der Waals surface area (Å²) in [5.41, 5.74) is 0.0193. The normalized spacial score (nSPS) is 13.0. The van der Waals surface area contributed by atoms with Gasteiger partial charge < -0.3 is 10.1 Å². The van der Waals surface area contributed by atoms with Crippen molar-refractivity contribution >= 4 is 29.2 Å². The SMILES string of the molecule is O=C1CN(C(=O)COC(=O)c2c(F)cccc2F)c2ccccc2N1. The second-order valence-electron chi connectivity index (χ2n) is 5.22. The molecular weight excluding hydrogens is 334 g/mol. The average molecular weight is 346 g/mol. The summed E-state index contributed by atoms with van der Waals surface area (Å²) in [6.45, 7) is -1.00. The second kappa shape index (κ2) is 6.68. The first-order chi connectivity index (χ1) is 12.0. The zero-order chi connectivity index (χ0) is 18.0. The Bertz CT molecular complexity index is 849. The van der Waals surface area contributed by atoms with Gasteiger partial charge in [0.2, 0.25) is 5.91 Å². The van der Waals surface area contributed by atoms with Crippen molar-refractivity contribution in [1.82, 2.24) is 0 Å². The fourth-order valence-electron chi connectivity index (χ4n) is 2.43. The van der Waals surface area contributed by atoms with Crippen LogP contribution < -0.4 is 10.2 Å². The molecule has 0 saturated heterocycles. The van der Waals surface area contributed by atoms with Gasteiger partial charge in [-0.3, -0.25) is 14.5 Å². The van der Waals surface area contributed by atoms with Crippen LogP contribution in [0.15, 0.2) is 42.5 Å². The van der Waals surface area contributed by atoms with E-state index in [1.807, 2.05) is 0 Å². The first kappa shape index (κ1) is 16.6. The van der Waals surface area contributed by atoms with Crippen LogP contribution in [0.3, 0.4) is 0 Å². The quantitative estimate of drug-likeness (QED) is 0.864. The lowest BCUT2D eigenvalue weighted by atomic mass is 10.2. The van der Waals surface area contributed by atoms with Gasteiger partial charge in [-0.1, -0.05) is 18.2 Å². The van der Waals surface area contributed by atoms with E-state index in [-0.39, 0.29) is 6.54 Å². The summed E-state index contributed by atoms with van der Waals surface area (Å²) >= 11 is 0. The van der Waals surface area contributed by atoms with Gasteiger partial charge in [-0.05, 0) is 24.3 Å². The molecule has 1 aliphatic rings. The number of benzene rings is 2. The number of halogens is 2. The van der Waals surface area contributed by atoms with Gasteiger partial charge in [0.1, 0.15) is 23.7 Å². The third-order valence-corrected chi connectivity index (χ3v) is 3.57. The van der Waals surface area contributed by atoms with Crippen LogP contribution in [-0.2, 0) is 14.3 Å². The molecule has 0 aromatic heterocycles. The van der Waals surface area contributed by atoms with Crippen molar-refractivity contribution < 1.29 is 27.9 Å². The molecule has 3 rings (SSSR count). The van der Waals surface area contributed by atoms with Crippen LogP contribution in [0.1, 0.15) is 10.4 Å². The van der Waals surface area contributed by atoms with Gasteiger partial charge in [-0.2, -0.15) is 0 Å². The number of hydrogen-bond donors (Lipinski definition) is 1. The molecule has 0 radical (unpaired) electrons. The van der Waals surface area contributed by atoms with E-state index < -0.39 is 41.6 Å². The van der Waals surface area contributed by atoms with E-state index in [1.54, 1.807) is 24.3 Å². The van der Waals surface area contributed by atoms with E-state index >= 15 is 0 Å². The first-order valence-corrected chi connectivity index (χ1v) is 7.28. The largest absolute Gasteiger partial charge is 0.452 e. The third-order valence-electron chi connectivity index (χ3n) is 3.57. The summed E-state index contributed by atoms with van der Waals surface area (Å²) in [5, 5.41) is 2.61. The van der Waals surface area contributed by atoms with Gasteiger partial charge in [0.25, 0.3) is 5.91 Å². The topological polar surface area (TPSA) is 75.7 Å². The fourth-order valence-corrected chi connectivity index (χ4v) is 2.43. The number of nitrogens with one attached hydrogen (secondary N) is 1. The molecule has 25 heavy (non-hydrogen) atoms. The molecule has 0 bridgehead atoms. The Morgan fingerprint density at radius 1 is 1.08 bits per heavy atom. The molecule has 0 saturated carbocycles. The van der Waals surface area contributed by atoms with Gasteiger partial charge in [0, 0.05) is 0 Å². The predicted molar refractivity (Wildman–Crippen MR) is 84.1 cm³/mol. The van der Waals surface area contributed by atoms with E-state index in [1.165, 1.54) is 0 Å². The molecule has 1 aliphatic heterocycles. The minimum Gasteiger partial charge on any atom is -0.452 e. The summed E-state index contributed by atoms with van der Waals surface area (Å²) < 4.78 is 31.8.